The lowest BCUT2D eigenvalue weighted by Gasteiger charge is -2.33. The molecule has 3 atom stereocenters. The normalized spacial score (nSPS) is 16.6. The second-order valence-electron chi connectivity index (χ2n) is 38.5. The minimum atomic E-state index is -0.300. The van der Waals surface area contributed by atoms with Crippen LogP contribution in [0.4, 0.5) is 0 Å². The fourth-order valence-corrected chi connectivity index (χ4v) is 26.0. The predicted molar refractivity (Wildman–Crippen MR) is 551 cm³/mol. The van der Waals surface area contributed by atoms with Crippen LogP contribution in [-0.4, -0.2) is 76.0 Å². The van der Waals surface area contributed by atoms with Crippen LogP contribution in [0.5, 0.6) is 0 Å². The highest BCUT2D eigenvalue weighted by atomic mass is 15.1. The standard InChI is InChI=1S/4C32H25N/c1-33(2)20-22-11-9-15-25-24-13-5-7-16-27(24)32(31(22)25)28-17-8-6-14-26(28)30-23-12-4-3-10-21(23)18-19-29(30)32;1-33(2)20-22-11-9-15-26-24-13-5-7-16-28(24)32(30(22)26)29-17-8-6-14-25(29)27-19-18-21-10-3-4-12-23(21)31(27)32;1-33(2)20-22-11-9-15-26-27-19-18-21-10-3-4-12-23(21)31(27)32(30(22)26)28-16-7-5-13-24(28)25-14-6-8-17-29(25)32;1-33(2)20-23-12-9-15-26-24-13-5-7-16-28(24)32(31(23)26)29-17-8-6-14-25(29)27-18-21-10-3-4-11-22(21)19-30(27)32/h4*3-19H,20H2,1-2H3. The van der Waals surface area contributed by atoms with Gasteiger partial charge < -0.3 is 19.6 Å². The fraction of sp³-hybridized carbons (Fsp3) is 0.125. The maximum Gasteiger partial charge on any atom is 0.0734 e. The van der Waals surface area contributed by atoms with E-state index in [9.17, 15) is 0 Å². The summed E-state index contributed by atoms with van der Waals surface area (Å²) in [5.74, 6) is 0. The van der Waals surface area contributed by atoms with Gasteiger partial charge in [-0.25, -0.2) is 0 Å². The molecule has 0 saturated carbocycles. The van der Waals surface area contributed by atoms with Crippen LogP contribution in [0.25, 0.3) is 132 Å². The minimum absolute atomic E-state index is 0.283. The molecule has 0 N–H and O–H groups in total. The van der Waals surface area contributed by atoms with E-state index in [0.717, 1.165) is 26.2 Å². The van der Waals surface area contributed by atoms with E-state index in [1.165, 1.54) is 243 Å². The van der Waals surface area contributed by atoms with Crippen LogP contribution in [-0.2, 0) is 47.8 Å². The smallest absolute Gasteiger partial charge is 0.0734 e. The first kappa shape index (κ1) is 79.4. The van der Waals surface area contributed by atoms with Gasteiger partial charge in [-0.15, -0.1) is 0 Å². The molecule has 4 heteroatoms. The van der Waals surface area contributed by atoms with E-state index in [2.05, 4.69) is 488 Å². The molecule has 28 rings (SSSR count). The van der Waals surface area contributed by atoms with Crippen LogP contribution in [0.15, 0.2) is 413 Å². The molecule has 20 aromatic carbocycles. The Morgan fingerprint density at radius 1 is 0.152 bits per heavy atom. The van der Waals surface area contributed by atoms with Crippen LogP contribution in [0.2, 0.25) is 0 Å². The summed E-state index contributed by atoms with van der Waals surface area (Å²) in [6.45, 7) is 3.68. The van der Waals surface area contributed by atoms with E-state index in [0.29, 0.717) is 0 Å². The van der Waals surface area contributed by atoms with E-state index in [4.69, 9.17) is 0 Å². The molecule has 0 bridgehead atoms. The van der Waals surface area contributed by atoms with Crippen molar-refractivity contribution >= 4 is 43.1 Å². The largest absolute Gasteiger partial charge is 0.305 e. The van der Waals surface area contributed by atoms with Crippen molar-refractivity contribution in [1.82, 2.24) is 19.6 Å². The average molecular weight is 1690 g/mol. The highest BCUT2D eigenvalue weighted by Gasteiger charge is 2.58. The van der Waals surface area contributed by atoms with E-state index < -0.39 is 0 Å². The fourth-order valence-electron chi connectivity index (χ4n) is 26.0. The van der Waals surface area contributed by atoms with Crippen molar-refractivity contribution in [3.63, 3.8) is 0 Å². The Hall–Kier alpha value is -14.7. The van der Waals surface area contributed by atoms with Gasteiger partial charge in [0.25, 0.3) is 0 Å². The zero-order chi connectivity index (χ0) is 88.6. The number of nitrogens with zero attached hydrogens (tertiary/aromatic N) is 4. The summed E-state index contributed by atoms with van der Waals surface area (Å²) in [7, 11) is 17.3. The lowest BCUT2D eigenvalue weighted by molar-refractivity contribution is 0.400. The van der Waals surface area contributed by atoms with Crippen molar-refractivity contribution < 1.29 is 0 Å². The van der Waals surface area contributed by atoms with E-state index >= 15 is 0 Å². The molecule has 0 amide bonds. The Kier molecular flexibility index (Phi) is 18.3. The van der Waals surface area contributed by atoms with Gasteiger partial charge in [0.2, 0.25) is 0 Å². The van der Waals surface area contributed by atoms with Crippen molar-refractivity contribution in [2.45, 2.75) is 47.8 Å². The topological polar surface area (TPSA) is 13.0 Å². The lowest BCUT2D eigenvalue weighted by Crippen LogP contribution is -2.28. The molecule has 132 heavy (non-hydrogen) atoms. The number of rotatable bonds is 8. The van der Waals surface area contributed by atoms with Gasteiger partial charge in [-0.2, -0.15) is 0 Å². The Labute approximate surface area is 774 Å². The zero-order valence-corrected chi connectivity index (χ0v) is 75.9. The molecule has 0 saturated heterocycles. The van der Waals surface area contributed by atoms with E-state index in [1.54, 1.807) is 0 Å². The molecule has 0 aromatic heterocycles. The molecule has 4 spiro atoms. The molecule has 8 aliphatic carbocycles. The monoisotopic (exact) mass is 1690 g/mol. The maximum absolute atomic E-state index is 2.46. The van der Waals surface area contributed by atoms with Crippen molar-refractivity contribution in [3.05, 3.63) is 524 Å². The third-order valence-electron chi connectivity index (χ3n) is 30.2. The summed E-state index contributed by atoms with van der Waals surface area (Å²) >= 11 is 0. The molecule has 20 aromatic rings. The SMILES string of the molecule is CN(C)Cc1cccc2c1C1(c3ccccc3-2)c2ccccc2-c2c1ccc1ccccc21.CN(C)Cc1cccc2c1C1(c3ccccc3-2)c2ccccc2-c2ccc3ccccc3c21.CN(C)Cc1cccc2c1C1(c3ccccc3-c3cc4ccccc4cc31)c1ccccc1-2.CN(C)Cc1cccc2c1C1(c3ccccc3-c3ccccc31)c1c-2ccc2ccccc12. The van der Waals surface area contributed by atoms with Crippen LogP contribution in [0.1, 0.15) is 111 Å². The summed E-state index contributed by atoms with van der Waals surface area (Å²) in [4.78, 5) is 9.15. The Morgan fingerprint density at radius 2 is 0.386 bits per heavy atom. The second-order valence-corrected chi connectivity index (χ2v) is 38.5. The van der Waals surface area contributed by atoms with Crippen molar-refractivity contribution in [2.24, 2.45) is 0 Å². The maximum atomic E-state index is 2.46. The molecule has 0 heterocycles. The van der Waals surface area contributed by atoms with Crippen molar-refractivity contribution in [1.29, 1.82) is 0 Å². The molecular weight excluding hydrogens is 1590 g/mol. The lowest BCUT2D eigenvalue weighted by atomic mass is 9.68. The molecular formula is C128H100N4. The van der Waals surface area contributed by atoms with Crippen molar-refractivity contribution in [3.8, 4) is 89.0 Å². The average Bonchev–Trinajstić information content (AvgIpc) is 1.52. The Balaban J connectivity index is 0.0000000945. The highest BCUT2D eigenvalue weighted by molar-refractivity contribution is 6.10. The first-order valence-electron chi connectivity index (χ1n) is 46.8. The summed E-state index contributed by atoms with van der Waals surface area (Å²) in [5.41, 5.74) is 49.2. The van der Waals surface area contributed by atoms with Gasteiger partial charge in [0.15, 0.2) is 0 Å². The van der Waals surface area contributed by atoms with Crippen LogP contribution in [0.3, 0.4) is 0 Å². The molecule has 0 radical (unpaired) electrons. The number of benzene rings is 20. The van der Waals surface area contributed by atoms with Crippen LogP contribution >= 0.6 is 0 Å². The first-order valence-corrected chi connectivity index (χ1v) is 46.8. The number of fused-ring (bicyclic) bond motifs is 47. The summed E-state index contributed by atoms with van der Waals surface area (Å²) in [5, 5.41) is 10.6. The third-order valence-corrected chi connectivity index (χ3v) is 30.2. The molecule has 4 nitrogen and oxygen atoms in total. The van der Waals surface area contributed by atoms with Gasteiger partial charge in [-0.05, 0) is 312 Å². The summed E-state index contributed by atoms with van der Waals surface area (Å²) in [6.07, 6.45) is 0. The Bertz CT molecular complexity index is 7930. The van der Waals surface area contributed by atoms with Gasteiger partial charge in [0.05, 0.1) is 21.7 Å². The van der Waals surface area contributed by atoms with Crippen LogP contribution < -0.4 is 0 Å². The minimum Gasteiger partial charge on any atom is -0.305 e. The molecule has 8 aliphatic rings. The van der Waals surface area contributed by atoms with Gasteiger partial charge in [-0.1, -0.05) is 400 Å². The van der Waals surface area contributed by atoms with Crippen molar-refractivity contribution in [2.75, 3.05) is 56.4 Å². The Morgan fingerprint density at radius 3 is 0.758 bits per heavy atom. The van der Waals surface area contributed by atoms with Gasteiger partial charge in [0.1, 0.15) is 0 Å². The second kappa shape index (κ2) is 30.4. The summed E-state index contributed by atoms with van der Waals surface area (Å²) in [6, 6.07) is 154. The number of hydrogen-bond acceptors (Lipinski definition) is 4. The van der Waals surface area contributed by atoms with Crippen LogP contribution in [0, 0.1) is 0 Å². The van der Waals surface area contributed by atoms with Gasteiger partial charge in [0, 0.05) is 26.2 Å². The highest BCUT2D eigenvalue weighted by Crippen LogP contribution is 2.70. The quantitative estimate of drug-likeness (QED) is 0.150. The zero-order valence-electron chi connectivity index (χ0n) is 75.9. The first-order chi connectivity index (χ1) is 64.8. The van der Waals surface area contributed by atoms with E-state index in [-0.39, 0.29) is 21.7 Å². The number of hydrogen-bond donors (Lipinski definition) is 0. The predicted octanol–water partition coefficient (Wildman–Crippen LogP) is 29.0. The molecule has 3 unspecified atom stereocenters. The van der Waals surface area contributed by atoms with E-state index in [1.807, 2.05) is 0 Å². The van der Waals surface area contributed by atoms with Gasteiger partial charge in [-0.3, -0.25) is 0 Å². The molecule has 0 fully saturated rings. The van der Waals surface area contributed by atoms with Gasteiger partial charge >= 0.3 is 0 Å². The summed E-state index contributed by atoms with van der Waals surface area (Å²) < 4.78 is 0. The third kappa shape index (κ3) is 11.1. The molecule has 0 aliphatic heterocycles. The molecule has 632 valence electrons.